The van der Waals surface area contributed by atoms with E-state index >= 15 is 0 Å². The van der Waals surface area contributed by atoms with Crippen molar-refractivity contribution in [3.8, 4) is 0 Å². The lowest BCUT2D eigenvalue weighted by Crippen LogP contribution is -2.30. The molecule has 1 amide bonds. The lowest BCUT2D eigenvalue weighted by molar-refractivity contribution is -0.123. The molecule has 1 atom stereocenters. The third-order valence-electron chi connectivity index (χ3n) is 4.62. The van der Waals surface area contributed by atoms with Gasteiger partial charge < -0.3 is 10.1 Å². The van der Waals surface area contributed by atoms with Crippen molar-refractivity contribution in [2.24, 2.45) is 7.05 Å². The second kappa shape index (κ2) is 8.34. The number of carbonyl (C=O) groups is 2. The minimum Gasteiger partial charge on any atom is -0.449 e. The van der Waals surface area contributed by atoms with Crippen LogP contribution in [0.15, 0.2) is 23.1 Å². The van der Waals surface area contributed by atoms with E-state index in [1.165, 1.54) is 39.2 Å². The smallest absolute Gasteiger partial charge is 0.339 e. The van der Waals surface area contributed by atoms with Crippen molar-refractivity contribution in [1.82, 2.24) is 14.1 Å². The molecule has 0 aliphatic carbocycles. The SMILES string of the molecule is Cc1ccc(S(=O)(=O)N(C)C)cc1C(=O)O[C@@H](C)C(=O)Nc1c(C)nn(C)c1C. The van der Waals surface area contributed by atoms with E-state index in [1.807, 2.05) is 6.92 Å². The quantitative estimate of drug-likeness (QED) is 0.711. The molecule has 0 spiro atoms. The highest BCUT2D eigenvalue weighted by molar-refractivity contribution is 7.89. The van der Waals surface area contributed by atoms with Crippen LogP contribution in [0.5, 0.6) is 0 Å². The minimum absolute atomic E-state index is 0.0289. The molecule has 0 aliphatic heterocycles. The predicted octanol–water partition coefficient (Wildman–Crippen LogP) is 1.78. The van der Waals surface area contributed by atoms with Crippen molar-refractivity contribution in [1.29, 1.82) is 0 Å². The van der Waals surface area contributed by atoms with E-state index in [0.717, 1.165) is 10.00 Å². The molecule has 0 bridgehead atoms. The molecule has 29 heavy (non-hydrogen) atoms. The summed E-state index contributed by atoms with van der Waals surface area (Å²) in [6.45, 7) is 6.69. The highest BCUT2D eigenvalue weighted by Gasteiger charge is 2.24. The Morgan fingerprint density at radius 2 is 1.83 bits per heavy atom. The summed E-state index contributed by atoms with van der Waals surface area (Å²) in [4.78, 5) is 25.0. The molecule has 2 aromatic rings. The van der Waals surface area contributed by atoms with Gasteiger partial charge in [-0.15, -0.1) is 0 Å². The summed E-state index contributed by atoms with van der Waals surface area (Å²) < 4.78 is 32.6. The van der Waals surface area contributed by atoms with E-state index in [0.29, 0.717) is 16.9 Å². The predicted molar refractivity (Wildman–Crippen MR) is 108 cm³/mol. The van der Waals surface area contributed by atoms with Gasteiger partial charge in [-0.05, 0) is 45.4 Å². The number of hydrogen-bond acceptors (Lipinski definition) is 6. The van der Waals surface area contributed by atoms with Crippen LogP contribution in [0.25, 0.3) is 0 Å². The van der Waals surface area contributed by atoms with Crippen LogP contribution in [0.3, 0.4) is 0 Å². The highest BCUT2D eigenvalue weighted by Crippen LogP contribution is 2.21. The van der Waals surface area contributed by atoms with Crippen molar-refractivity contribution < 1.29 is 22.7 Å². The van der Waals surface area contributed by atoms with Crippen molar-refractivity contribution >= 4 is 27.6 Å². The Kier molecular flexibility index (Phi) is 6.49. The second-order valence-corrected chi connectivity index (χ2v) is 9.12. The zero-order valence-corrected chi connectivity index (χ0v) is 18.4. The molecule has 1 heterocycles. The van der Waals surface area contributed by atoms with E-state index in [1.54, 1.807) is 25.6 Å². The first-order valence-electron chi connectivity index (χ1n) is 8.91. The molecular formula is C19H26N4O5S. The largest absolute Gasteiger partial charge is 0.449 e. The molecule has 9 nitrogen and oxygen atoms in total. The highest BCUT2D eigenvalue weighted by atomic mass is 32.2. The molecule has 0 radical (unpaired) electrons. The van der Waals surface area contributed by atoms with Crippen molar-refractivity contribution in [2.75, 3.05) is 19.4 Å². The topological polar surface area (TPSA) is 111 Å². The number of nitrogens with zero attached hydrogens (tertiary/aromatic N) is 3. The van der Waals surface area contributed by atoms with Gasteiger partial charge in [-0.1, -0.05) is 6.07 Å². The van der Waals surface area contributed by atoms with Crippen molar-refractivity contribution in [2.45, 2.75) is 38.7 Å². The first-order valence-corrected chi connectivity index (χ1v) is 10.4. The van der Waals surface area contributed by atoms with Crippen molar-refractivity contribution in [3.63, 3.8) is 0 Å². The van der Waals surface area contributed by atoms with Gasteiger partial charge in [0.25, 0.3) is 5.91 Å². The molecule has 0 fully saturated rings. The van der Waals surface area contributed by atoms with Gasteiger partial charge in [0.2, 0.25) is 10.0 Å². The van der Waals surface area contributed by atoms with Crippen LogP contribution in [0.1, 0.15) is 34.2 Å². The summed E-state index contributed by atoms with van der Waals surface area (Å²) in [5, 5.41) is 6.94. The summed E-state index contributed by atoms with van der Waals surface area (Å²) in [6.07, 6.45) is -1.09. The number of nitrogens with one attached hydrogen (secondary N) is 1. The monoisotopic (exact) mass is 422 g/mol. The number of sulfonamides is 1. The molecular weight excluding hydrogens is 396 g/mol. The average molecular weight is 423 g/mol. The number of rotatable bonds is 6. The van der Waals surface area contributed by atoms with E-state index < -0.39 is 28.0 Å². The summed E-state index contributed by atoms with van der Waals surface area (Å²) >= 11 is 0. The number of ether oxygens (including phenoxy) is 1. The van der Waals surface area contributed by atoms with E-state index in [-0.39, 0.29) is 10.5 Å². The maximum atomic E-state index is 12.6. The Hall–Kier alpha value is -2.72. The van der Waals surface area contributed by atoms with Gasteiger partial charge in [0.1, 0.15) is 0 Å². The minimum atomic E-state index is -3.71. The summed E-state index contributed by atoms with van der Waals surface area (Å²) in [6, 6.07) is 4.21. The van der Waals surface area contributed by atoms with Gasteiger partial charge >= 0.3 is 5.97 Å². The molecule has 0 aliphatic rings. The number of aryl methyl sites for hydroxylation is 3. The first-order chi connectivity index (χ1) is 13.4. The van der Waals surface area contributed by atoms with Gasteiger partial charge in [0, 0.05) is 21.1 Å². The Labute approximate surface area is 170 Å². The van der Waals surface area contributed by atoms with Gasteiger partial charge in [0.15, 0.2) is 6.10 Å². The van der Waals surface area contributed by atoms with Gasteiger partial charge in [0.05, 0.1) is 27.5 Å². The Bertz CT molecular complexity index is 1060. The van der Waals surface area contributed by atoms with Crippen LogP contribution < -0.4 is 5.32 Å². The summed E-state index contributed by atoms with van der Waals surface area (Å²) in [7, 11) is 0.867. The number of aromatic nitrogens is 2. The number of amides is 1. The Morgan fingerprint density at radius 3 is 2.34 bits per heavy atom. The van der Waals surface area contributed by atoms with E-state index in [2.05, 4.69) is 10.4 Å². The number of benzene rings is 1. The lowest BCUT2D eigenvalue weighted by atomic mass is 10.1. The number of hydrogen-bond donors (Lipinski definition) is 1. The molecule has 1 N–H and O–H groups in total. The van der Waals surface area contributed by atoms with Gasteiger partial charge in [-0.25, -0.2) is 17.5 Å². The molecule has 0 saturated carbocycles. The normalized spacial score (nSPS) is 12.7. The standard InChI is InChI=1S/C19H26N4O5S/c1-11-8-9-15(29(26,27)22(5)6)10-16(11)19(25)28-14(4)18(24)20-17-12(2)21-23(7)13(17)3/h8-10,14H,1-7H3,(H,20,24)/t14-/m0/s1. The molecule has 10 heteroatoms. The molecule has 158 valence electrons. The zero-order valence-electron chi connectivity index (χ0n) is 17.6. The fourth-order valence-corrected chi connectivity index (χ4v) is 3.58. The van der Waals surface area contributed by atoms with Crippen LogP contribution in [0, 0.1) is 20.8 Å². The van der Waals surface area contributed by atoms with E-state index in [4.69, 9.17) is 4.74 Å². The fraction of sp³-hybridized carbons (Fsp3) is 0.421. The average Bonchev–Trinajstić information content (AvgIpc) is 2.87. The fourth-order valence-electron chi connectivity index (χ4n) is 2.65. The third kappa shape index (κ3) is 4.65. The third-order valence-corrected chi connectivity index (χ3v) is 6.43. The molecule has 1 aromatic carbocycles. The van der Waals surface area contributed by atoms with Gasteiger partial charge in [-0.3, -0.25) is 9.48 Å². The number of esters is 1. The van der Waals surface area contributed by atoms with Crippen LogP contribution in [0.4, 0.5) is 5.69 Å². The lowest BCUT2D eigenvalue weighted by Gasteiger charge is -2.16. The molecule has 0 unspecified atom stereocenters. The van der Waals surface area contributed by atoms with Crippen LogP contribution in [0.2, 0.25) is 0 Å². The first kappa shape index (κ1) is 22.6. The summed E-state index contributed by atoms with van der Waals surface area (Å²) in [5.74, 6) is -1.28. The van der Waals surface area contributed by atoms with E-state index in [9.17, 15) is 18.0 Å². The molecule has 2 rings (SSSR count). The number of anilines is 1. The molecule has 0 saturated heterocycles. The maximum absolute atomic E-state index is 12.6. The molecule has 1 aromatic heterocycles. The van der Waals surface area contributed by atoms with Crippen LogP contribution in [-0.4, -0.2) is 54.6 Å². The van der Waals surface area contributed by atoms with Crippen LogP contribution in [-0.2, 0) is 26.6 Å². The Balaban J connectivity index is 2.20. The van der Waals surface area contributed by atoms with Crippen LogP contribution >= 0.6 is 0 Å². The second-order valence-electron chi connectivity index (χ2n) is 6.97. The zero-order chi connectivity index (χ0) is 22.1. The Morgan fingerprint density at radius 1 is 1.21 bits per heavy atom. The van der Waals surface area contributed by atoms with Gasteiger partial charge in [-0.2, -0.15) is 5.10 Å². The van der Waals surface area contributed by atoms with Crippen molar-refractivity contribution in [3.05, 3.63) is 40.7 Å². The maximum Gasteiger partial charge on any atom is 0.339 e. The number of carbonyl (C=O) groups excluding carboxylic acids is 2. The summed E-state index contributed by atoms with van der Waals surface area (Å²) in [5.41, 5.74) is 2.61.